The lowest BCUT2D eigenvalue weighted by Crippen LogP contribution is -2.06. The van der Waals surface area contributed by atoms with E-state index in [1.807, 2.05) is 19.1 Å². The van der Waals surface area contributed by atoms with Crippen molar-refractivity contribution in [3.05, 3.63) is 69.3 Å². The number of alkyl halides is 3. The first kappa shape index (κ1) is 19.9. The monoisotopic (exact) mass is 453 g/mol. The lowest BCUT2D eigenvalue weighted by Gasteiger charge is -2.13. The van der Waals surface area contributed by atoms with Crippen LogP contribution in [0, 0.1) is 6.92 Å². The average molecular weight is 454 g/mol. The van der Waals surface area contributed by atoms with Crippen LogP contribution in [0.25, 0.3) is 21.3 Å². The van der Waals surface area contributed by atoms with E-state index in [-0.39, 0.29) is 10.7 Å². The Bertz CT molecular complexity index is 1200. The summed E-state index contributed by atoms with van der Waals surface area (Å²) in [7, 11) is 0. The molecule has 9 heteroatoms. The van der Waals surface area contributed by atoms with Crippen molar-refractivity contribution in [2.75, 3.05) is 5.32 Å². The third-order valence-electron chi connectivity index (χ3n) is 4.33. The van der Waals surface area contributed by atoms with Gasteiger partial charge < -0.3 is 5.32 Å². The van der Waals surface area contributed by atoms with Gasteiger partial charge in [-0.15, -0.1) is 11.3 Å². The van der Waals surface area contributed by atoms with E-state index in [1.54, 1.807) is 12.1 Å². The fourth-order valence-electron chi connectivity index (χ4n) is 3.06. The van der Waals surface area contributed by atoms with Gasteiger partial charge in [0, 0.05) is 21.2 Å². The first-order valence-corrected chi connectivity index (χ1v) is 9.95. The maximum absolute atomic E-state index is 13.2. The van der Waals surface area contributed by atoms with Crippen LogP contribution in [0.3, 0.4) is 0 Å². The fourth-order valence-corrected chi connectivity index (χ4v) is 4.42. The summed E-state index contributed by atoms with van der Waals surface area (Å²) in [5.74, 6) is 0.416. The first-order chi connectivity index (χ1) is 13.7. The summed E-state index contributed by atoms with van der Waals surface area (Å²) in [6, 6.07) is 11.0. The summed E-state index contributed by atoms with van der Waals surface area (Å²) < 4.78 is 39.6. The SMILES string of the molecule is Cc1sc2ncnc(Nc3ccc(Cl)c(C(F)(F)F)c3)c2c1-c1ccc(Cl)cc1. The van der Waals surface area contributed by atoms with Gasteiger partial charge in [0.15, 0.2) is 0 Å². The number of hydrogen-bond acceptors (Lipinski definition) is 4. The molecule has 2 heterocycles. The highest BCUT2D eigenvalue weighted by Gasteiger charge is 2.33. The van der Waals surface area contributed by atoms with Crippen molar-refractivity contribution < 1.29 is 13.2 Å². The maximum Gasteiger partial charge on any atom is 0.417 e. The van der Waals surface area contributed by atoms with Crippen molar-refractivity contribution in [2.24, 2.45) is 0 Å². The van der Waals surface area contributed by atoms with Crippen LogP contribution in [-0.2, 0) is 6.18 Å². The summed E-state index contributed by atoms with van der Waals surface area (Å²) in [4.78, 5) is 10.3. The molecule has 0 aliphatic rings. The van der Waals surface area contributed by atoms with Gasteiger partial charge >= 0.3 is 6.18 Å². The van der Waals surface area contributed by atoms with Gasteiger partial charge in [-0.3, -0.25) is 0 Å². The molecule has 1 N–H and O–H groups in total. The highest BCUT2D eigenvalue weighted by molar-refractivity contribution is 7.19. The summed E-state index contributed by atoms with van der Waals surface area (Å²) >= 11 is 13.2. The lowest BCUT2D eigenvalue weighted by atomic mass is 10.0. The van der Waals surface area contributed by atoms with Crippen LogP contribution in [0.5, 0.6) is 0 Å². The lowest BCUT2D eigenvalue weighted by molar-refractivity contribution is -0.137. The number of anilines is 2. The molecule has 0 unspecified atom stereocenters. The Morgan fingerprint density at radius 2 is 1.72 bits per heavy atom. The van der Waals surface area contributed by atoms with Gasteiger partial charge in [-0.2, -0.15) is 13.2 Å². The molecule has 2 aromatic carbocycles. The predicted octanol–water partition coefficient (Wildman–Crippen LogP) is 7.74. The Labute approximate surface area is 178 Å². The van der Waals surface area contributed by atoms with Gasteiger partial charge in [-0.05, 0) is 42.8 Å². The highest BCUT2D eigenvalue weighted by atomic mass is 35.5. The normalized spacial score (nSPS) is 11.8. The van der Waals surface area contributed by atoms with E-state index in [0.29, 0.717) is 10.8 Å². The van der Waals surface area contributed by atoms with E-state index >= 15 is 0 Å². The van der Waals surface area contributed by atoms with Crippen molar-refractivity contribution in [3.63, 3.8) is 0 Å². The molecular formula is C20H12Cl2F3N3S. The molecule has 4 rings (SSSR count). The molecule has 0 radical (unpaired) electrons. The fraction of sp³-hybridized carbons (Fsp3) is 0.100. The molecule has 0 saturated carbocycles. The number of aryl methyl sites for hydroxylation is 1. The minimum atomic E-state index is -4.55. The Morgan fingerprint density at radius 1 is 1.00 bits per heavy atom. The Balaban J connectivity index is 1.84. The van der Waals surface area contributed by atoms with Crippen LogP contribution in [0.2, 0.25) is 10.0 Å². The number of halogens is 5. The second-order valence-corrected chi connectivity index (χ2v) is 8.31. The molecule has 4 aromatic rings. The summed E-state index contributed by atoms with van der Waals surface area (Å²) in [5.41, 5.74) is 1.15. The van der Waals surface area contributed by atoms with Crippen LogP contribution in [-0.4, -0.2) is 9.97 Å². The minimum Gasteiger partial charge on any atom is -0.340 e. The number of aromatic nitrogens is 2. The molecule has 2 aromatic heterocycles. The number of nitrogens with zero attached hydrogens (tertiary/aromatic N) is 2. The topological polar surface area (TPSA) is 37.8 Å². The smallest absolute Gasteiger partial charge is 0.340 e. The third-order valence-corrected chi connectivity index (χ3v) is 5.93. The van der Waals surface area contributed by atoms with E-state index in [0.717, 1.165) is 32.3 Å². The van der Waals surface area contributed by atoms with Gasteiger partial charge in [0.1, 0.15) is 17.0 Å². The van der Waals surface area contributed by atoms with E-state index in [1.165, 1.54) is 29.8 Å². The van der Waals surface area contributed by atoms with Gasteiger partial charge in [0.2, 0.25) is 0 Å². The first-order valence-electron chi connectivity index (χ1n) is 8.38. The number of benzene rings is 2. The van der Waals surface area contributed by atoms with Crippen molar-refractivity contribution >= 4 is 56.3 Å². The number of rotatable bonds is 3. The van der Waals surface area contributed by atoms with Crippen molar-refractivity contribution in [3.8, 4) is 11.1 Å². The zero-order chi connectivity index (χ0) is 20.8. The molecule has 0 atom stereocenters. The van der Waals surface area contributed by atoms with Crippen molar-refractivity contribution in [2.45, 2.75) is 13.1 Å². The molecule has 0 aliphatic carbocycles. The van der Waals surface area contributed by atoms with E-state index in [4.69, 9.17) is 23.2 Å². The van der Waals surface area contributed by atoms with Gasteiger partial charge in [0.05, 0.1) is 16.0 Å². The zero-order valence-electron chi connectivity index (χ0n) is 14.8. The van der Waals surface area contributed by atoms with E-state index < -0.39 is 11.7 Å². The Kier molecular flexibility index (Phi) is 5.14. The summed E-state index contributed by atoms with van der Waals surface area (Å²) in [5, 5.41) is 3.98. The zero-order valence-corrected chi connectivity index (χ0v) is 17.1. The Hall–Kier alpha value is -2.35. The second kappa shape index (κ2) is 7.48. The Morgan fingerprint density at radius 3 is 2.41 bits per heavy atom. The minimum absolute atomic E-state index is 0.229. The van der Waals surface area contributed by atoms with Gasteiger partial charge in [-0.1, -0.05) is 35.3 Å². The number of nitrogens with one attached hydrogen (secondary N) is 1. The van der Waals surface area contributed by atoms with Crippen LogP contribution in [0.15, 0.2) is 48.8 Å². The van der Waals surface area contributed by atoms with Gasteiger partial charge in [-0.25, -0.2) is 9.97 Å². The maximum atomic E-state index is 13.2. The predicted molar refractivity (Wildman–Crippen MR) is 112 cm³/mol. The van der Waals surface area contributed by atoms with Crippen LogP contribution >= 0.6 is 34.5 Å². The molecule has 0 fully saturated rings. The molecule has 0 amide bonds. The number of fused-ring (bicyclic) bond motifs is 1. The molecular weight excluding hydrogens is 442 g/mol. The quantitative estimate of drug-likeness (QED) is 0.344. The molecule has 0 bridgehead atoms. The van der Waals surface area contributed by atoms with Crippen molar-refractivity contribution in [1.29, 1.82) is 0 Å². The second-order valence-electron chi connectivity index (χ2n) is 6.26. The average Bonchev–Trinajstić information content (AvgIpc) is 3.00. The van der Waals surface area contributed by atoms with Crippen LogP contribution in [0.1, 0.15) is 10.4 Å². The van der Waals surface area contributed by atoms with Crippen LogP contribution in [0.4, 0.5) is 24.7 Å². The standard InChI is InChI=1S/C20H12Cl2F3N3S/c1-10-16(11-2-4-12(21)5-3-11)17-18(26-9-27-19(17)29-10)28-13-6-7-15(22)14(8-13)20(23,24)25/h2-9H,1H3,(H,26,27,28). The molecule has 3 nitrogen and oxygen atoms in total. The van der Waals surface area contributed by atoms with E-state index in [2.05, 4.69) is 15.3 Å². The molecule has 29 heavy (non-hydrogen) atoms. The highest BCUT2D eigenvalue weighted by Crippen LogP contribution is 2.42. The van der Waals surface area contributed by atoms with E-state index in [9.17, 15) is 13.2 Å². The molecule has 0 aliphatic heterocycles. The molecule has 0 saturated heterocycles. The summed E-state index contributed by atoms with van der Waals surface area (Å²) in [6.45, 7) is 1.96. The van der Waals surface area contributed by atoms with Crippen LogP contribution < -0.4 is 5.32 Å². The molecule has 148 valence electrons. The summed E-state index contributed by atoms with van der Waals surface area (Å²) in [6.07, 6.45) is -3.17. The third kappa shape index (κ3) is 3.90. The largest absolute Gasteiger partial charge is 0.417 e. The molecule has 0 spiro atoms. The number of thiophene rings is 1. The van der Waals surface area contributed by atoms with Gasteiger partial charge in [0.25, 0.3) is 0 Å². The van der Waals surface area contributed by atoms with Crippen molar-refractivity contribution in [1.82, 2.24) is 9.97 Å². The number of hydrogen-bond donors (Lipinski definition) is 1.